The summed E-state index contributed by atoms with van der Waals surface area (Å²) >= 11 is 0. The molecule has 0 unspecified atom stereocenters. The number of hydrogen-bond acceptors (Lipinski definition) is 5. The highest BCUT2D eigenvalue weighted by molar-refractivity contribution is 5.89. The summed E-state index contributed by atoms with van der Waals surface area (Å²) in [4.78, 5) is 23.1. The Morgan fingerprint density at radius 2 is 1.88 bits per heavy atom. The second-order valence-corrected chi connectivity index (χ2v) is 6.13. The summed E-state index contributed by atoms with van der Waals surface area (Å²) in [6.07, 6.45) is 9.91. The molecule has 1 N–H and O–H groups in total. The number of esters is 1. The van der Waals surface area contributed by atoms with E-state index in [4.69, 9.17) is 9.47 Å². The number of methoxy groups -OCH3 is 1. The SMILES string of the molecule is CCOC(=O)CCCCCC/C=C/C(=O)CCc1ccc(O)c(OC)c1. The predicted octanol–water partition coefficient (Wildman–Crippen LogP) is 4.36. The van der Waals surface area contributed by atoms with Crippen LogP contribution in [0.15, 0.2) is 30.4 Å². The van der Waals surface area contributed by atoms with Gasteiger partial charge in [0, 0.05) is 12.8 Å². The lowest BCUT2D eigenvalue weighted by molar-refractivity contribution is -0.143. The highest BCUT2D eigenvalue weighted by Gasteiger charge is 2.04. The Bertz CT molecular complexity index is 592. The van der Waals surface area contributed by atoms with E-state index in [0.717, 1.165) is 37.7 Å². The topological polar surface area (TPSA) is 72.8 Å². The van der Waals surface area contributed by atoms with Gasteiger partial charge in [-0.2, -0.15) is 0 Å². The van der Waals surface area contributed by atoms with Crippen LogP contribution in [0.25, 0.3) is 0 Å². The van der Waals surface area contributed by atoms with Crippen LogP contribution < -0.4 is 4.74 Å². The maximum absolute atomic E-state index is 11.9. The van der Waals surface area contributed by atoms with Crippen LogP contribution in [0.2, 0.25) is 0 Å². The molecule has 0 saturated heterocycles. The van der Waals surface area contributed by atoms with E-state index >= 15 is 0 Å². The number of aryl methyl sites for hydroxylation is 1. The number of carbonyl (C=O) groups is 2. The number of carbonyl (C=O) groups excluding carboxylic acids is 2. The molecule has 1 rings (SSSR count). The van der Waals surface area contributed by atoms with E-state index in [1.165, 1.54) is 7.11 Å². The lowest BCUT2D eigenvalue weighted by Gasteiger charge is -2.05. The molecule has 144 valence electrons. The third kappa shape index (κ3) is 9.25. The maximum atomic E-state index is 11.9. The average Bonchev–Trinajstić information content (AvgIpc) is 2.63. The van der Waals surface area contributed by atoms with Crippen molar-refractivity contribution in [3.63, 3.8) is 0 Å². The smallest absolute Gasteiger partial charge is 0.305 e. The molecule has 5 heteroatoms. The van der Waals surface area contributed by atoms with Gasteiger partial charge in [0.15, 0.2) is 17.3 Å². The fourth-order valence-electron chi connectivity index (χ4n) is 2.56. The highest BCUT2D eigenvalue weighted by Crippen LogP contribution is 2.26. The molecule has 0 aromatic heterocycles. The quantitative estimate of drug-likeness (QED) is 0.321. The zero-order chi connectivity index (χ0) is 19.2. The first-order valence-electron chi connectivity index (χ1n) is 9.27. The van der Waals surface area contributed by atoms with Gasteiger partial charge in [0.1, 0.15) is 0 Å². The molecule has 0 aliphatic carbocycles. The zero-order valence-corrected chi connectivity index (χ0v) is 15.8. The van der Waals surface area contributed by atoms with Crippen molar-refractivity contribution in [2.75, 3.05) is 13.7 Å². The van der Waals surface area contributed by atoms with Gasteiger partial charge in [-0.25, -0.2) is 0 Å². The molecule has 0 fully saturated rings. The van der Waals surface area contributed by atoms with Gasteiger partial charge in [-0.1, -0.05) is 25.0 Å². The maximum Gasteiger partial charge on any atom is 0.305 e. The van der Waals surface area contributed by atoms with E-state index < -0.39 is 0 Å². The summed E-state index contributed by atoms with van der Waals surface area (Å²) < 4.78 is 9.94. The number of hydrogen-bond donors (Lipinski definition) is 1. The van der Waals surface area contributed by atoms with Crippen LogP contribution >= 0.6 is 0 Å². The van der Waals surface area contributed by atoms with Crippen molar-refractivity contribution in [2.45, 2.75) is 58.3 Å². The van der Waals surface area contributed by atoms with Gasteiger partial charge in [-0.15, -0.1) is 0 Å². The molecule has 1 aromatic rings. The number of benzene rings is 1. The third-order valence-corrected chi connectivity index (χ3v) is 4.01. The summed E-state index contributed by atoms with van der Waals surface area (Å²) in [5.41, 5.74) is 0.961. The number of aromatic hydroxyl groups is 1. The molecule has 0 aliphatic rings. The number of unbranched alkanes of at least 4 members (excludes halogenated alkanes) is 4. The number of allylic oxidation sites excluding steroid dienone is 2. The molecule has 0 bridgehead atoms. The monoisotopic (exact) mass is 362 g/mol. The van der Waals surface area contributed by atoms with Crippen molar-refractivity contribution < 1.29 is 24.2 Å². The average molecular weight is 362 g/mol. The Kier molecular flexibility index (Phi) is 10.9. The minimum Gasteiger partial charge on any atom is -0.504 e. The first kappa shape index (κ1) is 21.7. The molecule has 0 heterocycles. The second kappa shape index (κ2) is 13.0. The zero-order valence-electron chi connectivity index (χ0n) is 15.8. The van der Waals surface area contributed by atoms with Gasteiger partial charge in [0.05, 0.1) is 13.7 Å². The standard InChI is InChI=1S/C21H30O5/c1-3-26-21(24)11-9-7-5-4-6-8-10-18(22)14-12-17-13-15-19(23)20(16-17)25-2/h8,10,13,15-16,23H,3-7,9,11-12,14H2,1-2H3/b10-8+. The summed E-state index contributed by atoms with van der Waals surface area (Å²) in [5.74, 6) is 0.502. The lowest BCUT2D eigenvalue weighted by atomic mass is 10.1. The van der Waals surface area contributed by atoms with E-state index in [1.54, 1.807) is 24.3 Å². The summed E-state index contributed by atoms with van der Waals surface area (Å²) in [6, 6.07) is 5.13. The van der Waals surface area contributed by atoms with Gasteiger partial charge in [-0.3, -0.25) is 9.59 Å². The Morgan fingerprint density at radius 1 is 1.12 bits per heavy atom. The molecule has 5 nitrogen and oxygen atoms in total. The summed E-state index contributed by atoms with van der Waals surface area (Å²) in [5, 5.41) is 9.56. The minimum absolute atomic E-state index is 0.0966. The first-order chi connectivity index (χ1) is 12.6. The summed E-state index contributed by atoms with van der Waals surface area (Å²) in [7, 11) is 1.50. The predicted molar refractivity (Wildman–Crippen MR) is 101 cm³/mol. The Hall–Kier alpha value is -2.30. The van der Waals surface area contributed by atoms with E-state index in [1.807, 2.05) is 13.0 Å². The summed E-state index contributed by atoms with van der Waals surface area (Å²) in [6.45, 7) is 2.25. The van der Waals surface area contributed by atoms with Crippen LogP contribution in [0.3, 0.4) is 0 Å². The number of rotatable bonds is 13. The van der Waals surface area contributed by atoms with Crippen molar-refractivity contribution in [3.05, 3.63) is 35.9 Å². The van der Waals surface area contributed by atoms with E-state index in [2.05, 4.69) is 0 Å². The molecular formula is C21H30O5. The number of ether oxygens (including phenoxy) is 2. The van der Waals surface area contributed by atoms with Crippen LogP contribution in [-0.4, -0.2) is 30.6 Å². The molecule has 0 saturated carbocycles. The van der Waals surface area contributed by atoms with Gasteiger partial charge in [-0.05, 0) is 56.4 Å². The van der Waals surface area contributed by atoms with Crippen molar-refractivity contribution in [1.29, 1.82) is 0 Å². The molecule has 0 spiro atoms. The van der Waals surface area contributed by atoms with Crippen LogP contribution in [0.1, 0.15) is 57.4 Å². The van der Waals surface area contributed by atoms with Crippen molar-refractivity contribution in [2.24, 2.45) is 0 Å². The van der Waals surface area contributed by atoms with Gasteiger partial charge in [0.25, 0.3) is 0 Å². The van der Waals surface area contributed by atoms with Crippen molar-refractivity contribution >= 4 is 11.8 Å². The normalized spacial score (nSPS) is 10.8. The number of ketones is 1. The van der Waals surface area contributed by atoms with Crippen molar-refractivity contribution in [3.8, 4) is 11.5 Å². The van der Waals surface area contributed by atoms with Gasteiger partial charge in [0.2, 0.25) is 0 Å². The largest absolute Gasteiger partial charge is 0.504 e. The lowest BCUT2D eigenvalue weighted by Crippen LogP contribution is -2.03. The van der Waals surface area contributed by atoms with E-state index in [-0.39, 0.29) is 17.5 Å². The van der Waals surface area contributed by atoms with E-state index in [0.29, 0.717) is 31.6 Å². The molecule has 0 radical (unpaired) electrons. The first-order valence-corrected chi connectivity index (χ1v) is 9.27. The van der Waals surface area contributed by atoms with Crippen LogP contribution in [-0.2, 0) is 20.7 Å². The van der Waals surface area contributed by atoms with Gasteiger partial charge < -0.3 is 14.6 Å². The highest BCUT2D eigenvalue weighted by atomic mass is 16.5. The molecule has 1 aromatic carbocycles. The van der Waals surface area contributed by atoms with Crippen LogP contribution in [0.5, 0.6) is 11.5 Å². The number of phenols is 1. The van der Waals surface area contributed by atoms with Crippen molar-refractivity contribution in [1.82, 2.24) is 0 Å². The second-order valence-electron chi connectivity index (χ2n) is 6.13. The molecule has 0 amide bonds. The molecular weight excluding hydrogens is 332 g/mol. The van der Waals surface area contributed by atoms with Crippen LogP contribution in [0.4, 0.5) is 0 Å². The Labute approximate surface area is 156 Å². The molecule has 0 atom stereocenters. The molecule has 0 aliphatic heterocycles. The Morgan fingerprint density at radius 3 is 2.62 bits per heavy atom. The Balaban J connectivity index is 2.13. The fraction of sp³-hybridized carbons (Fsp3) is 0.524. The third-order valence-electron chi connectivity index (χ3n) is 4.01. The fourth-order valence-corrected chi connectivity index (χ4v) is 2.56. The minimum atomic E-state index is -0.121. The molecule has 26 heavy (non-hydrogen) atoms. The van der Waals surface area contributed by atoms with Crippen LogP contribution in [0, 0.1) is 0 Å². The van der Waals surface area contributed by atoms with E-state index in [9.17, 15) is 14.7 Å². The van der Waals surface area contributed by atoms with Gasteiger partial charge >= 0.3 is 5.97 Å². The number of phenolic OH excluding ortho intramolecular Hbond substituents is 1.